The van der Waals surface area contributed by atoms with Crippen LogP contribution in [0.25, 0.3) is 0 Å². The minimum absolute atomic E-state index is 0.00629. The number of carbonyl (C=O) groups excluding carboxylic acids is 2. The number of aliphatic hydroxyl groups is 1. The van der Waals surface area contributed by atoms with Crippen LogP contribution in [0.3, 0.4) is 0 Å². The number of anilines is 4. The highest BCUT2D eigenvalue weighted by Crippen LogP contribution is 2.40. The molecule has 0 aliphatic carbocycles. The molecule has 8 aromatic rings. The lowest BCUT2D eigenvalue weighted by Crippen LogP contribution is -2.68. The minimum Gasteiger partial charge on any atom is -0.396 e. The minimum atomic E-state index is -3.88. The SMILES string of the molecule is CC(C)(C)[Si](O[C@H](CCO)C(=O)Nc1ccc(S(=O)(=O)Nc2nccs2)cn1)(c1ccccc1)c1ccccc1.CC(C)(C)[Si](O[C@H]1CCN(c2ccc(S(=O)(=O)Nc3nccs3)cn2)C1=O)(c1ccccc1)c1ccccc1. The Morgan fingerprint density at radius 2 is 1.09 bits per heavy atom. The second-order valence-corrected chi connectivity index (χ2v) is 34.1. The Labute approximate surface area is 471 Å². The van der Waals surface area contributed by atoms with E-state index in [0.29, 0.717) is 18.8 Å². The van der Waals surface area contributed by atoms with Crippen molar-refractivity contribution in [2.75, 3.05) is 32.8 Å². The number of aromatic nitrogens is 4. The Hall–Kier alpha value is -6.81. The molecule has 0 radical (unpaired) electrons. The highest BCUT2D eigenvalue weighted by atomic mass is 32.2. The van der Waals surface area contributed by atoms with Crippen LogP contribution in [0, 0.1) is 0 Å². The highest BCUT2D eigenvalue weighted by molar-refractivity contribution is 7.93. The monoisotopic (exact) mass is 1170 g/mol. The van der Waals surface area contributed by atoms with Crippen LogP contribution in [-0.2, 0) is 38.5 Å². The lowest BCUT2D eigenvalue weighted by atomic mass is 10.2. The number of nitrogens with one attached hydrogen (secondary N) is 3. The Balaban J connectivity index is 0.000000208. The first-order chi connectivity index (χ1) is 37.7. The van der Waals surface area contributed by atoms with Crippen LogP contribution in [-0.4, -0.2) is 95.7 Å². The quantitative estimate of drug-likeness (QED) is 0.0572. The predicted octanol–water partition coefficient (Wildman–Crippen LogP) is 7.63. The molecule has 9 rings (SSSR count). The van der Waals surface area contributed by atoms with Crippen molar-refractivity contribution in [3.63, 3.8) is 0 Å². The van der Waals surface area contributed by atoms with Crippen molar-refractivity contribution >= 4 is 114 Å². The number of carbonyl (C=O) groups is 2. The van der Waals surface area contributed by atoms with E-state index in [4.69, 9.17) is 8.85 Å². The summed E-state index contributed by atoms with van der Waals surface area (Å²) in [7, 11) is -13.7. The van der Waals surface area contributed by atoms with E-state index in [1.54, 1.807) is 21.7 Å². The van der Waals surface area contributed by atoms with E-state index >= 15 is 0 Å². The van der Waals surface area contributed by atoms with Crippen LogP contribution in [0.2, 0.25) is 10.1 Å². The fraction of sp³-hybridized carbons (Fsp3) is 0.250. The topological polar surface area (TPSA) is 232 Å². The van der Waals surface area contributed by atoms with E-state index in [1.165, 1.54) is 48.1 Å². The van der Waals surface area contributed by atoms with E-state index in [2.05, 4.69) is 101 Å². The highest BCUT2D eigenvalue weighted by Gasteiger charge is 2.54. The molecule has 1 saturated heterocycles. The zero-order valence-electron chi connectivity index (χ0n) is 44.4. The molecule has 1 fully saturated rings. The molecule has 5 heterocycles. The van der Waals surface area contributed by atoms with Crippen molar-refractivity contribution in [1.29, 1.82) is 0 Å². The van der Waals surface area contributed by atoms with E-state index in [1.807, 2.05) is 97.1 Å². The number of sulfonamides is 2. The number of amides is 2. The predicted molar refractivity (Wildman–Crippen MR) is 317 cm³/mol. The van der Waals surface area contributed by atoms with Crippen LogP contribution in [0.5, 0.6) is 0 Å². The van der Waals surface area contributed by atoms with Gasteiger partial charge in [-0.1, -0.05) is 163 Å². The molecule has 79 heavy (non-hydrogen) atoms. The molecule has 1 aliphatic heterocycles. The molecule has 0 unspecified atom stereocenters. The Morgan fingerprint density at radius 1 is 0.646 bits per heavy atom. The molecule has 0 saturated carbocycles. The van der Waals surface area contributed by atoms with Crippen molar-refractivity contribution < 1.29 is 40.4 Å². The normalized spacial score (nSPS) is 14.7. The van der Waals surface area contributed by atoms with E-state index in [9.17, 15) is 31.5 Å². The number of nitrogens with zero attached hydrogens (tertiary/aromatic N) is 5. The fourth-order valence-electron chi connectivity index (χ4n) is 9.57. The van der Waals surface area contributed by atoms with Crippen LogP contribution in [0.4, 0.5) is 21.9 Å². The molecule has 0 spiro atoms. The third-order valence-electron chi connectivity index (χ3n) is 13.2. The molecule has 1 aliphatic rings. The second-order valence-electron chi connectivity index (χ2n) is 20.4. The zero-order chi connectivity index (χ0) is 56.5. The van der Waals surface area contributed by atoms with Gasteiger partial charge in [-0.15, -0.1) is 22.7 Å². The van der Waals surface area contributed by atoms with Gasteiger partial charge in [0.1, 0.15) is 33.6 Å². The molecule has 23 heteroatoms. The lowest BCUT2D eigenvalue weighted by molar-refractivity contribution is -0.124. The van der Waals surface area contributed by atoms with Crippen molar-refractivity contribution in [2.24, 2.45) is 0 Å². The number of benzene rings is 4. The zero-order valence-corrected chi connectivity index (χ0v) is 49.7. The van der Waals surface area contributed by atoms with Crippen LogP contribution in [0.1, 0.15) is 54.4 Å². The van der Waals surface area contributed by atoms with Gasteiger partial charge in [-0.05, 0) is 61.5 Å². The summed E-state index contributed by atoms with van der Waals surface area (Å²) in [6.07, 6.45) is 4.38. The largest absolute Gasteiger partial charge is 0.396 e. The van der Waals surface area contributed by atoms with Crippen LogP contribution in [0.15, 0.2) is 191 Å². The third kappa shape index (κ3) is 13.1. The summed E-state index contributed by atoms with van der Waals surface area (Å²) in [6, 6.07) is 46.0. The maximum absolute atomic E-state index is 13.7. The van der Waals surface area contributed by atoms with Gasteiger partial charge in [-0.25, -0.2) is 36.8 Å². The molecule has 2 atom stereocenters. The average molecular weight is 1180 g/mol. The summed E-state index contributed by atoms with van der Waals surface area (Å²) in [6.45, 7) is 13.0. The molecule has 17 nitrogen and oxygen atoms in total. The number of aliphatic hydroxyl groups excluding tert-OH is 1. The Kier molecular flexibility index (Phi) is 18.2. The van der Waals surface area contributed by atoms with Gasteiger partial charge in [0.05, 0.1) is 0 Å². The molecule has 4 N–H and O–H groups in total. The maximum atomic E-state index is 13.7. The first-order valence-electron chi connectivity index (χ1n) is 25.3. The smallest absolute Gasteiger partial charge is 0.265 e. The molecular weight excluding hydrogens is 1110 g/mol. The number of thiazole rings is 2. The van der Waals surface area contributed by atoms with Gasteiger partial charge in [0.25, 0.3) is 48.5 Å². The summed E-state index contributed by atoms with van der Waals surface area (Å²) in [5.74, 6) is -0.105. The van der Waals surface area contributed by atoms with Gasteiger partial charge in [0, 0.05) is 55.1 Å². The maximum Gasteiger partial charge on any atom is 0.265 e. The molecular formula is C56H62N8O9S4Si2. The number of rotatable bonds is 19. The van der Waals surface area contributed by atoms with Gasteiger partial charge in [0.15, 0.2) is 10.3 Å². The van der Waals surface area contributed by atoms with Gasteiger partial charge < -0.3 is 19.3 Å². The van der Waals surface area contributed by atoms with Crippen molar-refractivity contribution in [2.45, 2.75) is 86.5 Å². The van der Waals surface area contributed by atoms with E-state index in [-0.39, 0.29) is 54.9 Å². The number of hydrogen-bond donors (Lipinski definition) is 4. The number of hydrogen-bond acceptors (Lipinski definition) is 15. The Bertz CT molecular complexity index is 3410. The van der Waals surface area contributed by atoms with Crippen LogP contribution >= 0.6 is 22.7 Å². The average Bonchev–Trinajstić information content (AvgIpc) is 4.33. The summed E-state index contributed by atoms with van der Waals surface area (Å²) < 4.78 is 69.4. The fourth-order valence-corrected chi connectivity index (χ4v) is 22.4. The molecule has 4 aromatic carbocycles. The van der Waals surface area contributed by atoms with Crippen molar-refractivity contribution in [1.82, 2.24) is 19.9 Å². The summed E-state index contributed by atoms with van der Waals surface area (Å²) in [4.78, 5) is 45.1. The van der Waals surface area contributed by atoms with Gasteiger partial charge in [-0.3, -0.25) is 23.9 Å². The lowest BCUT2D eigenvalue weighted by Gasteiger charge is -2.44. The Morgan fingerprint density at radius 3 is 1.47 bits per heavy atom. The van der Waals surface area contributed by atoms with E-state index < -0.39 is 54.8 Å². The summed E-state index contributed by atoms with van der Waals surface area (Å²) >= 11 is 2.34. The summed E-state index contributed by atoms with van der Waals surface area (Å²) in [5.41, 5.74) is 0. The van der Waals surface area contributed by atoms with E-state index in [0.717, 1.165) is 38.3 Å². The molecule has 0 bridgehead atoms. The standard InChI is InChI=1S/C28H32N4O5S2Si.C28H30N4O4S2Si/c1-28(2,3)40(22-10-6-4-7-11-22,23-12-8-5-9-13-23)37-24(16-18-33)26(34)31-25-15-14-21(20-30-25)39(35,36)32-27-29-17-19-38-27;1-28(2,3)39(22-10-6-4-7-11-22,23-12-8-5-9-13-23)36-24-16-18-32(26(24)33)25-15-14-21(20-30-25)38(34,35)31-27-29-17-19-37-27/h4-15,17,19-20,24,33H,16,18H2,1-3H3,(H,29,32)(H,30,31,34);4-15,17,19-20,24H,16,18H2,1-3H3,(H,29,31)/t2*24-/m10/s1. The first-order valence-corrected chi connectivity index (χ1v) is 33.8. The van der Waals surface area contributed by atoms with Crippen molar-refractivity contribution in [3.05, 3.63) is 181 Å². The summed E-state index contributed by atoms with van der Waals surface area (Å²) in [5, 5.41) is 20.1. The van der Waals surface area contributed by atoms with Gasteiger partial charge in [-0.2, -0.15) is 0 Å². The third-order valence-corrected chi connectivity index (χ3v) is 27.6. The first kappa shape index (κ1) is 58.3. The molecule has 4 aromatic heterocycles. The second kappa shape index (κ2) is 24.7. The van der Waals surface area contributed by atoms with Gasteiger partial charge in [0.2, 0.25) is 0 Å². The number of pyridine rings is 2. The molecule has 2 amide bonds. The van der Waals surface area contributed by atoms with Crippen molar-refractivity contribution in [3.8, 4) is 0 Å². The van der Waals surface area contributed by atoms with Crippen LogP contribution < -0.4 is 40.4 Å². The molecule has 412 valence electrons. The van der Waals surface area contributed by atoms with Gasteiger partial charge >= 0.3 is 0 Å².